The van der Waals surface area contributed by atoms with Crippen LogP contribution in [-0.4, -0.2) is 43.2 Å². The smallest absolute Gasteiger partial charge is 0.144 e. The third kappa shape index (κ3) is 7.18. The molecule has 26 heavy (non-hydrogen) atoms. The molecule has 5 heteroatoms. The number of hydrogen-bond acceptors (Lipinski definition) is 5. The normalized spacial score (nSPS) is 19.6. The zero-order chi connectivity index (χ0) is 18.8. The lowest BCUT2D eigenvalue weighted by atomic mass is 10.0. The molecule has 1 saturated carbocycles. The van der Waals surface area contributed by atoms with Gasteiger partial charge in [0.1, 0.15) is 18.5 Å². The maximum absolute atomic E-state index is 9.95. The van der Waals surface area contributed by atoms with Crippen molar-refractivity contribution in [3.05, 3.63) is 35.4 Å². The molecular formula is C21H32N2O3. The summed E-state index contributed by atoms with van der Waals surface area (Å²) in [7, 11) is 1.67. The molecule has 2 rings (SSSR count). The molecule has 1 aromatic carbocycles. The predicted molar refractivity (Wildman–Crippen MR) is 107 cm³/mol. The number of nitrogens with zero attached hydrogens (tertiary/aromatic N) is 1. The number of ether oxygens (including phenoxy) is 1. The van der Waals surface area contributed by atoms with Crippen LogP contribution in [0.15, 0.2) is 35.0 Å². The Balaban J connectivity index is 2.01. The van der Waals surface area contributed by atoms with Gasteiger partial charge < -0.3 is 20.0 Å². The first kappa shape index (κ1) is 20.5. The summed E-state index contributed by atoms with van der Waals surface area (Å²) in [4.78, 5) is 5.46. The van der Waals surface area contributed by atoms with E-state index in [1.807, 2.05) is 12.1 Å². The van der Waals surface area contributed by atoms with Gasteiger partial charge in [-0.25, -0.2) is 0 Å². The van der Waals surface area contributed by atoms with Crippen molar-refractivity contribution in [1.29, 1.82) is 0 Å². The molecule has 0 spiro atoms. The molecule has 1 aromatic rings. The monoisotopic (exact) mass is 360 g/mol. The highest BCUT2D eigenvalue weighted by Crippen LogP contribution is 2.24. The minimum atomic E-state index is -0.554. The fourth-order valence-electron chi connectivity index (χ4n) is 2.88. The van der Waals surface area contributed by atoms with E-state index < -0.39 is 6.10 Å². The summed E-state index contributed by atoms with van der Waals surface area (Å²) in [6.07, 6.45) is 7.06. The van der Waals surface area contributed by atoms with Crippen molar-refractivity contribution in [3.63, 3.8) is 0 Å². The van der Waals surface area contributed by atoms with Gasteiger partial charge in [0.05, 0.1) is 12.8 Å². The maximum atomic E-state index is 9.95. The Morgan fingerprint density at radius 3 is 2.58 bits per heavy atom. The van der Waals surface area contributed by atoms with Gasteiger partial charge in [-0.3, -0.25) is 0 Å². The number of allylic oxidation sites excluding steroid dienone is 1. The van der Waals surface area contributed by atoms with E-state index in [0.717, 1.165) is 36.3 Å². The topological polar surface area (TPSA) is 63.1 Å². The Bertz CT molecular complexity index is 594. The van der Waals surface area contributed by atoms with Crippen LogP contribution in [0.2, 0.25) is 0 Å². The number of aliphatic hydroxyl groups excluding tert-OH is 1. The van der Waals surface area contributed by atoms with E-state index in [0.29, 0.717) is 12.6 Å². The molecule has 1 atom stereocenters. The van der Waals surface area contributed by atoms with Crippen LogP contribution in [0.3, 0.4) is 0 Å². The lowest BCUT2D eigenvalue weighted by Crippen LogP contribution is -2.34. The zero-order valence-electron chi connectivity index (χ0n) is 16.2. The molecular weight excluding hydrogens is 328 g/mol. The van der Waals surface area contributed by atoms with Gasteiger partial charge in [-0.2, -0.15) is 0 Å². The second-order valence-electron chi connectivity index (χ2n) is 7.05. The summed E-state index contributed by atoms with van der Waals surface area (Å²) in [6, 6.07) is 8.38. The van der Waals surface area contributed by atoms with Crippen molar-refractivity contribution in [2.45, 2.75) is 58.1 Å². The van der Waals surface area contributed by atoms with Crippen LogP contribution in [0.5, 0.6) is 5.75 Å². The largest absolute Gasteiger partial charge is 0.497 e. The Hall–Kier alpha value is -1.85. The van der Waals surface area contributed by atoms with Crippen LogP contribution in [0.25, 0.3) is 6.08 Å². The van der Waals surface area contributed by atoms with E-state index in [1.54, 1.807) is 7.11 Å². The molecule has 0 aromatic heterocycles. The van der Waals surface area contributed by atoms with Crippen molar-refractivity contribution in [2.75, 3.05) is 20.3 Å². The van der Waals surface area contributed by atoms with Crippen molar-refractivity contribution in [2.24, 2.45) is 5.16 Å². The molecule has 0 amide bonds. The number of oxime groups is 1. The van der Waals surface area contributed by atoms with Crippen molar-refractivity contribution in [3.8, 4) is 5.75 Å². The summed E-state index contributed by atoms with van der Waals surface area (Å²) in [6.45, 7) is 4.82. The molecule has 0 unspecified atom stereocenters. The molecule has 0 aliphatic heterocycles. The Labute approximate surface area is 157 Å². The molecule has 1 aliphatic rings. The highest BCUT2D eigenvalue weighted by atomic mass is 16.6. The fourth-order valence-corrected chi connectivity index (χ4v) is 2.88. The molecule has 1 aliphatic carbocycles. The standard InChI is InChI=1S/C21H32N2O3/c1-16(2)22-14-19(24)15-26-23-21-8-6-4-5-7-18(21)13-17-9-11-20(25-3)12-10-17/h9-13,16,19,22,24H,4-8,14-15H2,1-3H3/b18-13+,23-21+/t19-/m1/s1. The van der Waals surface area contributed by atoms with Gasteiger partial charge in [-0.05, 0) is 55.0 Å². The van der Waals surface area contributed by atoms with Crippen molar-refractivity contribution in [1.82, 2.24) is 5.32 Å². The molecule has 0 saturated heterocycles. The summed E-state index contributed by atoms with van der Waals surface area (Å²) < 4.78 is 5.22. The first-order valence-corrected chi connectivity index (χ1v) is 9.53. The zero-order valence-corrected chi connectivity index (χ0v) is 16.2. The first-order chi connectivity index (χ1) is 12.6. The van der Waals surface area contributed by atoms with Crippen LogP contribution in [0.1, 0.15) is 51.5 Å². The molecule has 0 heterocycles. The Morgan fingerprint density at radius 2 is 1.88 bits per heavy atom. The van der Waals surface area contributed by atoms with Crippen molar-refractivity contribution < 1.29 is 14.7 Å². The van der Waals surface area contributed by atoms with Gasteiger partial charge in [-0.15, -0.1) is 0 Å². The van der Waals surface area contributed by atoms with Crippen LogP contribution in [0.4, 0.5) is 0 Å². The van der Waals surface area contributed by atoms with Crippen LogP contribution in [0, 0.1) is 0 Å². The van der Waals surface area contributed by atoms with E-state index in [2.05, 4.69) is 42.5 Å². The van der Waals surface area contributed by atoms with Gasteiger partial charge in [0.25, 0.3) is 0 Å². The summed E-state index contributed by atoms with van der Waals surface area (Å²) >= 11 is 0. The number of benzene rings is 1. The fraction of sp³-hybridized carbons (Fsp3) is 0.571. The molecule has 2 N–H and O–H groups in total. The van der Waals surface area contributed by atoms with E-state index in [1.165, 1.54) is 18.4 Å². The first-order valence-electron chi connectivity index (χ1n) is 9.53. The highest BCUT2D eigenvalue weighted by molar-refractivity contribution is 6.03. The highest BCUT2D eigenvalue weighted by Gasteiger charge is 2.13. The van der Waals surface area contributed by atoms with Gasteiger partial charge in [0, 0.05) is 12.6 Å². The van der Waals surface area contributed by atoms with Crippen LogP contribution < -0.4 is 10.1 Å². The summed E-state index contributed by atoms with van der Waals surface area (Å²) in [5.74, 6) is 0.856. The summed E-state index contributed by atoms with van der Waals surface area (Å²) in [5.41, 5.74) is 3.36. The Kier molecular flexibility index (Phi) is 8.65. The Morgan fingerprint density at radius 1 is 1.15 bits per heavy atom. The van der Waals surface area contributed by atoms with Crippen LogP contribution in [-0.2, 0) is 4.84 Å². The van der Waals surface area contributed by atoms with E-state index in [-0.39, 0.29) is 6.61 Å². The molecule has 144 valence electrons. The average molecular weight is 360 g/mol. The third-order valence-electron chi connectivity index (χ3n) is 4.39. The summed E-state index contributed by atoms with van der Waals surface area (Å²) in [5, 5.41) is 17.5. The van der Waals surface area contributed by atoms with Gasteiger partial charge >= 0.3 is 0 Å². The van der Waals surface area contributed by atoms with E-state index >= 15 is 0 Å². The molecule has 5 nitrogen and oxygen atoms in total. The second-order valence-corrected chi connectivity index (χ2v) is 7.05. The molecule has 0 radical (unpaired) electrons. The van der Waals surface area contributed by atoms with Crippen molar-refractivity contribution >= 4 is 11.8 Å². The number of nitrogens with one attached hydrogen (secondary N) is 1. The minimum Gasteiger partial charge on any atom is -0.497 e. The number of aliphatic hydroxyl groups is 1. The number of hydrogen-bond donors (Lipinski definition) is 2. The number of rotatable bonds is 8. The quantitative estimate of drug-likeness (QED) is 0.547. The average Bonchev–Trinajstić information content (AvgIpc) is 2.86. The molecule has 1 fully saturated rings. The van der Waals surface area contributed by atoms with Gasteiger partial charge in [0.15, 0.2) is 0 Å². The second kappa shape index (κ2) is 11.0. The molecule has 0 bridgehead atoms. The third-order valence-corrected chi connectivity index (χ3v) is 4.39. The van der Waals surface area contributed by atoms with Gasteiger partial charge in [-0.1, -0.05) is 37.6 Å². The lowest BCUT2D eigenvalue weighted by Gasteiger charge is -2.13. The van der Waals surface area contributed by atoms with Crippen LogP contribution >= 0.6 is 0 Å². The minimum absolute atomic E-state index is 0.207. The van der Waals surface area contributed by atoms with E-state index in [4.69, 9.17) is 9.57 Å². The maximum Gasteiger partial charge on any atom is 0.144 e. The lowest BCUT2D eigenvalue weighted by molar-refractivity contribution is 0.0392. The number of methoxy groups -OCH3 is 1. The predicted octanol–water partition coefficient (Wildman–Crippen LogP) is 3.77. The van der Waals surface area contributed by atoms with Gasteiger partial charge in [0.2, 0.25) is 0 Å². The SMILES string of the molecule is COc1ccc(/C=C2\CCCCC\C2=N/OC[C@H](O)CNC(C)C)cc1. The van der Waals surface area contributed by atoms with E-state index in [9.17, 15) is 5.11 Å².